The molecule has 1 aliphatic rings. The van der Waals surface area contributed by atoms with Crippen molar-refractivity contribution in [3.8, 4) is 0 Å². The first-order valence-corrected chi connectivity index (χ1v) is 5.44. The van der Waals surface area contributed by atoms with Crippen molar-refractivity contribution in [3.63, 3.8) is 0 Å². The van der Waals surface area contributed by atoms with Crippen molar-refractivity contribution in [2.24, 2.45) is 5.92 Å². The molecule has 0 aromatic carbocycles. The Kier molecular flexibility index (Phi) is 3.93. The number of rotatable bonds is 4. The van der Waals surface area contributed by atoms with Crippen LogP contribution in [0.15, 0.2) is 0 Å². The highest BCUT2D eigenvalue weighted by molar-refractivity contribution is 5.66. The van der Waals surface area contributed by atoms with Gasteiger partial charge in [0.1, 0.15) is 0 Å². The average Bonchev–Trinajstić information content (AvgIpc) is 2.01. The Morgan fingerprint density at radius 1 is 1.57 bits per heavy atom. The second-order valence-electron chi connectivity index (χ2n) is 4.75. The topological polar surface area (TPSA) is 57.5 Å². The minimum absolute atomic E-state index is 0.263. The van der Waals surface area contributed by atoms with E-state index in [9.17, 15) is 9.90 Å². The predicted molar refractivity (Wildman–Crippen MR) is 54.1 cm³/mol. The van der Waals surface area contributed by atoms with Crippen LogP contribution in [0.4, 0.5) is 0 Å². The van der Waals surface area contributed by atoms with E-state index in [1.54, 1.807) is 0 Å². The molecule has 0 aromatic rings. The Bertz CT molecular complexity index is 199. The van der Waals surface area contributed by atoms with Gasteiger partial charge >= 0.3 is 5.97 Å². The van der Waals surface area contributed by atoms with E-state index in [-0.39, 0.29) is 6.42 Å². The molecule has 0 saturated heterocycles. The summed E-state index contributed by atoms with van der Waals surface area (Å²) in [7, 11) is 0. The maximum Gasteiger partial charge on any atom is 0.303 e. The van der Waals surface area contributed by atoms with E-state index in [0.717, 1.165) is 38.5 Å². The fraction of sp³-hybridized carbons (Fsp3) is 0.909. The molecule has 0 aromatic heterocycles. The van der Waals surface area contributed by atoms with Crippen molar-refractivity contribution in [1.82, 2.24) is 0 Å². The van der Waals surface area contributed by atoms with Gasteiger partial charge in [0.2, 0.25) is 0 Å². The van der Waals surface area contributed by atoms with Gasteiger partial charge in [-0.2, -0.15) is 0 Å². The quantitative estimate of drug-likeness (QED) is 0.731. The third-order valence-electron chi connectivity index (χ3n) is 3.06. The molecule has 1 fully saturated rings. The zero-order valence-electron chi connectivity index (χ0n) is 8.83. The SMILES string of the molecule is CC1(O)CCCC(CCCC(=O)O)C1. The molecule has 0 radical (unpaired) electrons. The van der Waals surface area contributed by atoms with Crippen LogP contribution in [0.5, 0.6) is 0 Å². The van der Waals surface area contributed by atoms with E-state index in [4.69, 9.17) is 5.11 Å². The molecule has 3 nitrogen and oxygen atoms in total. The molecule has 2 N–H and O–H groups in total. The molecule has 3 heteroatoms. The Morgan fingerprint density at radius 3 is 2.86 bits per heavy atom. The van der Waals surface area contributed by atoms with Crippen LogP contribution < -0.4 is 0 Å². The summed E-state index contributed by atoms with van der Waals surface area (Å²) in [6.45, 7) is 1.89. The largest absolute Gasteiger partial charge is 0.481 e. The highest BCUT2D eigenvalue weighted by Crippen LogP contribution is 2.34. The van der Waals surface area contributed by atoms with Crippen LogP contribution >= 0.6 is 0 Å². The van der Waals surface area contributed by atoms with Crippen LogP contribution in [0.1, 0.15) is 51.9 Å². The highest BCUT2D eigenvalue weighted by Gasteiger charge is 2.29. The summed E-state index contributed by atoms with van der Waals surface area (Å²) in [6, 6.07) is 0. The molecule has 0 heterocycles. The number of aliphatic carboxylic acids is 1. The first kappa shape index (κ1) is 11.5. The van der Waals surface area contributed by atoms with Crippen LogP contribution in [0, 0.1) is 5.92 Å². The third-order valence-corrected chi connectivity index (χ3v) is 3.06. The molecular formula is C11H20O3. The number of aliphatic hydroxyl groups is 1. The minimum atomic E-state index is -0.715. The fourth-order valence-corrected chi connectivity index (χ4v) is 2.39. The second kappa shape index (κ2) is 4.78. The minimum Gasteiger partial charge on any atom is -0.481 e. The summed E-state index contributed by atoms with van der Waals surface area (Å²) in [5.41, 5.74) is -0.508. The Balaban J connectivity index is 2.21. The van der Waals surface area contributed by atoms with E-state index in [0.29, 0.717) is 5.92 Å². The van der Waals surface area contributed by atoms with Gasteiger partial charge in [-0.25, -0.2) is 0 Å². The lowest BCUT2D eigenvalue weighted by Gasteiger charge is -2.33. The Morgan fingerprint density at radius 2 is 2.29 bits per heavy atom. The molecule has 1 aliphatic carbocycles. The normalized spacial score (nSPS) is 32.9. The molecule has 0 bridgehead atoms. The number of carboxylic acids is 1. The standard InChI is InChI=1S/C11H20O3/c1-11(14)7-3-5-9(8-11)4-2-6-10(12)13/h9,14H,2-8H2,1H3,(H,12,13). The van der Waals surface area contributed by atoms with Gasteiger partial charge in [0.05, 0.1) is 5.60 Å². The van der Waals surface area contributed by atoms with E-state index >= 15 is 0 Å². The third kappa shape index (κ3) is 4.09. The van der Waals surface area contributed by atoms with Gasteiger partial charge in [0.25, 0.3) is 0 Å². The number of hydrogen-bond donors (Lipinski definition) is 2. The van der Waals surface area contributed by atoms with Crippen molar-refractivity contribution in [3.05, 3.63) is 0 Å². The van der Waals surface area contributed by atoms with Crippen molar-refractivity contribution in [2.75, 3.05) is 0 Å². The summed E-state index contributed by atoms with van der Waals surface area (Å²) in [4.78, 5) is 10.3. The molecule has 1 saturated carbocycles. The maximum absolute atomic E-state index is 10.3. The molecular weight excluding hydrogens is 180 g/mol. The summed E-state index contributed by atoms with van der Waals surface area (Å²) in [5, 5.41) is 18.3. The van der Waals surface area contributed by atoms with Gasteiger partial charge in [-0.1, -0.05) is 12.8 Å². The molecule has 14 heavy (non-hydrogen) atoms. The van der Waals surface area contributed by atoms with Gasteiger partial charge in [0, 0.05) is 6.42 Å². The molecule has 0 aliphatic heterocycles. The summed E-state index contributed by atoms with van der Waals surface area (Å²) in [6.07, 6.45) is 5.91. The molecule has 0 amide bonds. The first-order chi connectivity index (χ1) is 6.49. The predicted octanol–water partition coefficient (Wildman–Crippen LogP) is 2.18. The number of hydrogen-bond acceptors (Lipinski definition) is 2. The molecule has 2 atom stereocenters. The average molecular weight is 200 g/mol. The van der Waals surface area contributed by atoms with Crippen molar-refractivity contribution in [2.45, 2.75) is 57.5 Å². The van der Waals surface area contributed by atoms with E-state index in [1.807, 2.05) is 6.92 Å². The molecule has 0 spiro atoms. The fourth-order valence-electron chi connectivity index (χ4n) is 2.39. The highest BCUT2D eigenvalue weighted by atomic mass is 16.4. The van der Waals surface area contributed by atoms with Crippen molar-refractivity contribution >= 4 is 5.97 Å². The first-order valence-electron chi connectivity index (χ1n) is 5.44. The molecule has 1 rings (SSSR count). The molecule has 2 unspecified atom stereocenters. The number of carboxylic acid groups (broad SMARTS) is 1. The Labute approximate surface area is 85.1 Å². The Hall–Kier alpha value is -0.570. The zero-order chi connectivity index (χ0) is 10.6. The smallest absolute Gasteiger partial charge is 0.303 e. The summed E-state index contributed by atoms with van der Waals surface area (Å²) >= 11 is 0. The van der Waals surface area contributed by atoms with Gasteiger partial charge in [0.15, 0.2) is 0 Å². The van der Waals surface area contributed by atoms with E-state index in [2.05, 4.69) is 0 Å². The van der Waals surface area contributed by atoms with Crippen LogP contribution in [0.3, 0.4) is 0 Å². The van der Waals surface area contributed by atoms with Crippen LogP contribution in [0.25, 0.3) is 0 Å². The van der Waals surface area contributed by atoms with Gasteiger partial charge in [-0.05, 0) is 38.5 Å². The lowest BCUT2D eigenvalue weighted by atomic mass is 9.77. The van der Waals surface area contributed by atoms with E-state index < -0.39 is 11.6 Å². The summed E-state index contributed by atoms with van der Waals surface area (Å²) in [5.74, 6) is -0.189. The van der Waals surface area contributed by atoms with Gasteiger partial charge in [-0.3, -0.25) is 4.79 Å². The van der Waals surface area contributed by atoms with Gasteiger partial charge in [-0.15, -0.1) is 0 Å². The lowest BCUT2D eigenvalue weighted by molar-refractivity contribution is -0.137. The maximum atomic E-state index is 10.3. The van der Waals surface area contributed by atoms with Crippen molar-refractivity contribution < 1.29 is 15.0 Å². The molecule has 82 valence electrons. The second-order valence-corrected chi connectivity index (χ2v) is 4.75. The lowest BCUT2D eigenvalue weighted by Crippen LogP contribution is -2.31. The zero-order valence-corrected chi connectivity index (χ0v) is 8.83. The monoisotopic (exact) mass is 200 g/mol. The van der Waals surface area contributed by atoms with Crippen LogP contribution in [0.2, 0.25) is 0 Å². The number of carbonyl (C=O) groups is 1. The van der Waals surface area contributed by atoms with Gasteiger partial charge < -0.3 is 10.2 Å². The van der Waals surface area contributed by atoms with E-state index in [1.165, 1.54) is 0 Å². The van der Waals surface area contributed by atoms with Crippen molar-refractivity contribution in [1.29, 1.82) is 0 Å². The van der Waals surface area contributed by atoms with Crippen LogP contribution in [-0.4, -0.2) is 21.8 Å². The van der Waals surface area contributed by atoms with Crippen LogP contribution in [-0.2, 0) is 4.79 Å². The summed E-state index contributed by atoms with van der Waals surface area (Å²) < 4.78 is 0.